The number of sulfonamides is 1. The molecule has 0 spiro atoms. The molecule has 7 nitrogen and oxygen atoms in total. The molecule has 0 heterocycles. The number of carbonyl (C=O) groups is 1. The van der Waals surface area contributed by atoms with Crippen LogP contribution in [0.15, 0.2) is 77.7 Å². The summed E-state index contributed by atoms with van der Waals surface area (Å²) in [5.41, 5.74) is 1.05. The molecule has 0 aromatic heterocycles. The lowest BCUT2D eigenvalue weighted by molar-refractivity contribution is 0.102. The Hall–Kier alpha value is -3.52. The number of anilines is 2. The standard InChI is InChI=1S/C21H20N2O5S/c1-27-18-11-7-6-10-17(18)23-29(25,26)20-14-15(12-13-19(20)28-2)21(24)22-16-8-4-3-5-9-16/h3-14,23H,1-2H3,(H,22,24). The third-order valence-electron chi connectivity index (χ3n) is 4.10. The molecule has 0 unspecified atom stereocenters. The van der Waals surface area contributed by atoms with Crippen LogP contribution in [-0.2, 0) is 10.0 Å². The molecule has 8 heteroatoms. The lowest BCUT2D eigenvalue weighted by atomic mass is 10.2. The second-order valence-electron chi connectivity index (χ2n) is 5.99. The fourth-order valence-corrected chi connectivity index (χ4v) is 3.95. The van der Waals surface area contributed by atoms with E-state index >= 15 is 0 Å². The Balaban J connectivity index is 1.95. The zero-order valence-corrected chi connectivity index (χ0v) is 16.7. The van der Waals surface area contributed by atoms with Gasteiger partial charge in [0.05, 0.1) is 19.9 Å². The second-order valence-corrected chi connectivity index (χ2v) is 7.64. The van der Waals surface area contributed by atoms with E-state index in [1.165, 1.54) is 32.4 Å². The van der Waals surface area contributed by atoms with Crippen molar-refractivity contribution in [3.8, 4) is 11.5 Å². The van der Waals surface area contributed by atoms with Gasteiger partial charge in [0, 0.05) is 11.3 Å². The minimum atomic E-state index is -4.05. The van der Waals surface area contributed by atoms with Crippen molar-refractivity contribution in [2.75, 3.05) is 24.3 Å². The maximum atomic E-state index is 13.0. The number of carbonyl (C=O) groups excluding carboxylic acids is 1. The van der Waals surface area contributed by atoms with E-state index in [-0.39, 0.29) is 21.9 Å². The van der Waals surface area contributed by atoms with Gasteiger partial charge in [0.25, 0.3) is 15.9 Å². The number of ether oxygens (including phenoxy) is 2. The summed E-state index contributed by atoms with van der Waals surface area (Å²) in [4.78, 5) is 12.4. The molecule has 2 N–H and O–H groups in total. The molecule has 0 aliphatic rings. The van der Waals surface area contributed by atoms with Gasteiger partial charge in [0.1, 0.15) is 16.4 Å². The monoisotopic (exact) mass is 412 g/mol. The number of nitrogens with one attached hydrogen (secondary N) is 2. The van der Waals surface area contributed by atoms with Crippen molar-refractivity contribution < 1.29 is 22.7 Å². The first-order valence-corrected chi connectivity index (χ1v) is 10.1. The van der Waals surface area contributed by atoms with Crippen LogP contribution in [0.25, 0.3) is 0 Å². The summed E-state index contributed by atoms with van der Waals surface area (Å²) in [7, 11) is -1.24. The molecule has 0 bridgehead atoms. The Bertz CT molecular complexity index is 1110. The summed E-state index contributed by atoms with van der Waals surface area (Å²) < 4.78 is 38.9. The minimum absolute atomic E-state index is 0.114. The molecule has 0 atom stereocenters. The molecular formula is C21H20N2O5S. The normalized spacial score (nSPS) is 10.8. The fourth-order valence-electron chi connectivity index (χ4n) is 2.68. The second kappa shape index (κ2) is 8.66. The Morgan fingerprint density at radius 2 is 1.48 bits per heavy atom. The van der Waals surface area contributed by atoms with Gasteiger partial charge in [-0.3, -0.25) is 9.52 Å². The van der Waals surface area contributed by atoms with Gasteiger partial charge in [-0.2, -0.15) is 0 Å². The Morgan fingerprint density at radius 1 is 0.828 bits per heavy atom. The Labute approximate surface area is 169 Å². The zero-order valence-electron chi connectivity index (χ0n) is 15.9. The van der Waals surface area contributed by atoms with Crippen LogP contribution in [0.1, 0.15) is 10.4 Å². The van der Waals surface area contributed by atoms with Crippen molar-refractivity contribution in [1.29, 1.82) is 0 Å². The highest BCUT2D eigenvalue weighted by atomic mass is 32.2. The van der Waals surface area contributed by atoms with Crippen LogP contribution in [0.4, 0.5) is 11.4 Å². The molecule has 0 fully saturated rings. The maximum absolute atomic E-state index is 13.0. The first-order chi connectivity index (χ1) is 13.9. The van der Waals surface area contributed by atoms with Crippen molar-refractivity contribution in [1.82, 2.24) is 0 Å². The van der Waals surface area contributed by atoms with Crippen LogP contribution >= 0.6 is 0 Å². The molecular weight excluding hydrogens is 392 g/mol. The highest BCUT2D eigenvalue weighted by Crippen LogP contribution is 2.30. The van der Waals surface area contributed by atoms with Crippen LogP contribution in [0, 0.1) is 0 Å². The molecule has 0 aliphatic carbocycles. The Morgan fingerprint density at radius 3 is 2.17 bits per heavy atom. The topological polar surface area (TPSA) is 93.7 Å². The fraction of sp³-hybridized carbons (Fsp3) is 0.0952. The predicted octanol–water partition coefficient (Wildman–Crippen LogP) is 3.76. The van der Waals surface area contributed by atoms with Gasteiger partial charge < -0.3 is 14.8 Å². The van der Waals surface area contributed by atoms with Crippen LogP contribution in [-0.4, -0.2) is 28.5 Å². The van der Waals surface area contributed by atoms with E-state index in [0.29, 0.717) is 11.4 Å². The number of rotatable bonds is 7. The van der Waals surface area contributed by atoms with Gasteiger partial charge in [0.2, 0.25) is 0 Å². The lowest BCUT2D eigenvalue weighted by Crippen LogP contribution is -2.17. The van der Waals surface area contributed by atoms with E-state index in [2.05, 4.69) is 10.0 Å². The molecule has 3 rings (SSSR count). The number of hydrogen-bond donors (Lipinski definition) is 2. The number of hydrogen-bond acceptors (Lipinski definition) is 5. The van der Waals surface area contributed by atoms with Crippen molar-refractivity contribution in [2.24, 2.45) is 0 Å². The number of benzene rings is 3. The molecule has 0 saturated carbocycles. The molecule has 3 aromatic carbocycles. The molecule has 150 valence electrons. The summed E-state index contributed by atoms with van der Waals surface area (Å²) >= 11 is 0. The quantitative estimate of drug-likeness (QED) is 0.616. The van der Waals surface area contributed by atoms with Crippen molar-refractivity contribution in [3.63, 3.8) is 0 Å². The molecule has 1 amide bonds. The SMILES string of the molecule is COc1ccccc1NS(=O)(=O)c1cc(C(=O)Nc2ccccc2)ccc1OC. The van der Waals surface area contributed by atoms with Gasteiger partial charge in [-0.15, -0.1) is 0 Å². The van der Waals surface area contributed by atoms with Crippen molar-refractivity contribution in [3.05, 3.63) is 78.4 Å². The Kier molecular flexibility index (Phi) is 6.04. The van der Waals surface area contributed by atoms with Crippen LogP contribution < -0.4 is 19.5 Å². The molecule has 0 aliphatic heterocycles. The van der Waals surface area contributed by atoms with E-state index in [1.54, 1.807) is 48.5 Å². The largest absolute Gasteiger partial charge is 0.495 e. The number of amides is 1. The molecule has 29 heavy (non-hydrogen) atoms. The van der Waals surface area contributed by atoms with Gasteiger partial charge in [-0.05, 0) is 42.5 Å². The number of para-hydroxylation sites is 3. The molecule has 0 radical (unpaired) electrons. The first-order valence-electron chi connectivity index (χ1n) is 8.65. The average Bonchev–Trinajstić information content (AvgIpc) is 2.74. The van der Waals surface area contributed by atoms with E-state index in [0.717, 1.165) is 0 Å². The van der Waals surface area contributed by atoms with E-state index in [1.807, 2.05) is 6.07 Å². The smallest absolute Gasteiger partial charge is 0.265 e. The lowest BCUT2D eigenvalue weighted by Gasteiger charge is -2.15. The molecule has 0 saturated heterocycles. The summed E-state index contributed by atoms with van der Waals surface area (Å²) in [5.74, 6) is 0.0456. The van der Waals surface area contributed by atoms with Gasteiger partial charge in [0.15, 0.2) is 0 Å². The average molecular weight is 412 g/mol. The first kappa shape index (κ1) is 20.2. The molecule has 3 aromatic rings. The van der Waals surface area contributed by atoms with Crippen LogP contribution in [0.2, 0.25) is 0 Å². The van der Waals surface area contributed by atoms with E-state index in [4.69, 9.17) is 9.47 Å². The third-order valence-corrected chi connectivity index (χ3v) is 5.48. The summed E-state index contributed by atoms with van der Waals surface area (Å²) in [6.45, 7) is 0. The minimum Gasteiger partial charge on any atom is -0.495 e. The van der Waals surface area contributed by atoms with Crippen molar-refractivity contribution >= 4 is 27.3 Å². The number of methoxy groups -OCH3 is 2. The van der Waals surface area contributed by atoms with Crippen LogP contribution in [0.3, 0.4) is 0 Å². The zero-order chi connectivity index (χ0) is 20.9. The van der Waals surface area contributed by atoms with E-state index in [9.17, 15) is 13.2 Å². The third kappa shape index (κ3) is 4.67. The van der Waals surface area contributed by atoms with Gasteiger partial charge in [-0.25, -0.2) is 8.42 Å². The maximum Gasteiger partial charge on any atom is 0.265 e. The predicted molar refractivity (Wildman–Crippen MR) is 111 cm³/mol. The summed E-state index contributed by atoms with van der Waals surface area (Å²) in [5, 5.41) is 2.73. The van der Waals surface area contributed by atoms with E-state index < -0.39 is 15.9 Å². The van der Waals surface area contributed by atoms with Gasteiger partial charge >= 0.3 is 0 Å². The highest BCUT2D eigenvalue weighted by Gasteiger charge is 2.23. The van der Waals surface area contributed by atoms with Crippen molar-refractivity contribution in [2.45, 2.75) is 4.90 Å². The van der Waals surface area contributed by atoms with Crippen LogP contribution in [0.5, 0.6) is 11.5 Å². The van der Waals surface area contributed by atoms with Gasteiger partial charge in [-0.1, -0.05) is 30.3 Å². The highest BCUT2D eigenvalue weighted by molar-refractivity contribution is 7.92. The summed E-state index contributed by atoms with van der Waals surface area (Å²) in [6, 6.07) is 19.7. The summed E-state index contributed by atoms with van der Waals surface area (Å²) in [6.07, 6.45) is 0.